The Kier molecular flexibility index (Phi) is 4.25. The third-order valence-electron chi connectivity index (χ3n) is 4.23. The highest BCUT2D eigenvalue weighted by Crippen LogP contribution is 2.32. The first-order valence-electron chi connectivity index (χ1n) is 7.15. The van der Waals surface area contributed by atoms with Gasteiger partial charge in [0, 0.05) is 5.54 Å². The number of benzene rings is 1. The largest absolute Gasteiger partial charge is 0.349 e. The molecule has 1 aromatic carbocycles. The second-order valence-electron chi connectivity index (χ2n) is 5.95. The minimum Gasteiger partial charge on any atom is -0.349 e. The molecule has 3 N–H and O–H groups in total. The molecule has 0 spiro atoms. The zero-order valence-corrected chi connectivity index (χ0v) is 11.9. The lowest BCUT2D eigenvalue weighted by Crippen LogP contribution is -2.53. The van der Waals surface area contributed by atoms with Gasteiger partial charge >= 0.3 is 0 Å². The number of carbonyl (C=O) groups excluding carboxylic acids is 1. The maximum atomic E-state index is 12.4. The maximum absolute atomic E-state index is 12.4. The first-order valence-corrected chi connectivity index (χ1v) is 7.15. The molecule has 0 radical (unpaired) electrons. The number of nitrogens with one attached hydrogen (secondary N) is 1. The zero-order chi connectivity index (χ0) is 13.9. The third kappa shape index (κ3) is 3.35. The summed E-state index contributed by atoms with van der Waals surface area (Å²) in [6, 6.07) is 10.1. The number of carbonyl (C=O) groups is 1. The van der Waals surface area contributed by atoms with Crippen LogP contribution in [-0.4, -0.2) is 11.4 Å². The Morgan fingerprint density at radius 1 is 1.37 bits per heavy atom. The van der Waals surface area contributed by atoms with Crippen LogP contribution in [0.15, 0.2) is 30.3 Å². The van der Waals surface area contributed by atoms with E-state index in [1.807, 2.05) is 44.2 Å². The van der Waals surface area contributed by atoms with Crippen LogP contribution in [0.2, 0.25) is 0 Å². The van der Waals surface area contributed by atoms with Crippen LogP contribution >= 0.6 is 0 Å². The Hall–Kier alpha value is -1.35. The zero-order valence-electron chi connectivity index (χ0n) is 11.9. The van der Waals surface area contributed by atoms with E-state index in [4.69, 9.17) is 5.73 Å². The van der Waals surface area contributed by atoms with Crippen LogP contribution < -0.4 is 11.1 Å². The molecule has 0 aromatic heterocycles. The van der Waals surface area contributed by atoms with Crippen molar-refractivity contribution in [1.82, 2.24) is 5.32 Å². The van der Waals surface area contributed by atoms with E-state index in [0.29, 0.717) is 0 Å². The molecule has 3 atom stereocenters. The normalized spacial score (nSPS) is 28.7. The fraction of sp³-hybridized carbons (Fsp3) is 0.562. The van der Waals surface area contributed by atoms with Crippen LogP contribution in [0.25, 0.3) is 0 Å². The van der Waals surface area contributed by atoms with E-state index in [0.717, 1.165) is 31.2 Å². The number of amides is 1. The first kappa shape index (κ1) is 14.1. The Morgan fingerprint density at radius 3 is 2.68 bits per heavy atom. The highest BCUT2D eigenvalue weighted by molar-refractivity contribution is 5.80. The number of hydrogen-bond donors (Lipinski definition) is 2. The SMILES string of the molecule is CC(NC(=O)C1CCCCC1(C)N)c1ccccc1. The second kappa shape index (κ2) is 5.74. The predicted octanol–water partition coefficient (Wildman–Crippen LogP) is 2.77. The molecular formula is C16H24N2O. The van der Waals surface area contributed by atoms with Gasteiger partial charge in [0.2, 0.25) is 5.91 Å². The highest BCUT2D eigenvalue weighted by Gasteiger charge is 2.38. The number of rotatable bonds is 3. The van der Waals surface area contributed by atoms with Crippen molar-refractivity contribution in [2.75, 3.05) is 0 Å². The summed E-state index contributed by atoms with van der Waals surface area (Å²) in [7, 11) is 0. The van der Waals surface area contributed by atoms with Crippen molar-refractivity contribution in [1.29, 1.82) is 0 Å². The van der Waals surface area contributed by atoms with Gasteiger partial charge < -0.3 is 11.1 Å². The van der Waals surface area contributed by atoms with E-state index in [9.17, 15) is 4.79 Å². The van der Waals surface area contributed by atoms with Gasteiger partial charge in [-0.3, -0.25) is 4.79 Å². The fourth-order valence-corrected chi connectivity index (χ4v) is 2.93. The lowest BCUT2D eigenvalue weighted by molar-refractivity contribution is -0.128. The van der Waals surface area contributed by atoms with Gasteiger partial charge in [-0.25, -0.2) is 0 Å². The van der Waals surface area contributed by atoms with Crippen LogP contribution in [-0.2, 0) is 4.79 Å². The van der Waals surface area contributed by atoms with E-state index >= 15 is 0 Å². The molecule has 3 unspecified atom stereocenters. The average molecular weight is 260 g/mol. The monoisotopic (exact) mass is 260 g/mol. The minimum atomic E-state index is -0.362. The summed E-state index contributed by atoms with van der Waals surface area (Å²) in [5.41, 5.74) is 7.04. The van der Waals surface area contributed by atoms with Crippen molar-refractivity contribution in [3.63, 3.8) is 0 Å². The maximum Gasteiger partial charge on any atom is 0.225 e. The molecule has 1 saturated carbocycles. The van der Waals surface area contributed by atoms with Gasteiger partial charge in [0.15, 0.2) is 0 Å². The van der Waals surface area contributed by atoms with Crippen molar-refractivity contribution in [3.8, 4) is 0 Å². The summed E-state index contributed by atoms with van der Waals surface area (Å²) in [6.07, 6.45) is 4.07. The molecule has 1 aliphatic carbocycles. The Labute approximate surface area is 115 Å². The summed E-state index contributed by atoms with van der Waals surface area (Å²) < 4.78 is 0. The van der Waals surface area contributed by atoms with Crippen LogP contribution in [0.3, 0.4) is 0 Å². The van der Waals surface area contributed by atoms with Crippen LogP contribution in [0.1, 0.15) is 51.1 Å². The third-order valence-corrected chi connectivity index (χ3v) is 4.23. The van der Waals surface area contributed by atoms with Crippen LogP contribution in [0.5, 0.6) is 0 Å². The Morgan fingerprint density at radius 2 is 2.05 bits per heavy atom. The van der Waals surface area contributed by atoms with Gasteiger partial charge in [-0.05, 0) is 32.3 Å². The van der Waals surface area contributed by atoms with Gasteiger partial charge in [-0.15, -0.1) is 0 Å². The minimum absolute atomic E-state index is 0.0337. The summed E-state index contributed by atoms with van der Waals surface area (Å²) in [5, 5.41) is 3.10. The first-order chi connectivity index (χ1) is 9.00. The molecule has 3 nitrogen and oxygen atoms in total. The van der Waals surface area contributed by atoms with Crippen molar-refractivity contribution in [3.05, 3.63) is 35.9 Å². The lowest BCUT2D eigenvalue weighted by atomic mass is 9.74. The summed E-state index contributed by atoms with van der Waals surface area (Å²) in [5.74, 6) is 0.0356. The predicted molar refractivity (Wildman–Crippen MR) is 77.6 cm³/mol. The van der Waals surface area contributed by atoms with E-state index < -0.39 is 0 Å². The van der Waals surface area contributed by atoms with E-state index in [1.54, 1.807) is 0 Å². The van der Waals surface area contributed by atoms with Crippen LogP contribution in [0, 0.1) is 5.92 Å². The van der Waals surface area contributed by atoms with E-state index in [2.05, 4.69) is 5.32 Å². The van der Waals surface area contributed by atoms with E-state index in [1.165, 1.54) is 0 Å². The summed E-state index contributed by atoms with van der Waals surface area (Å²) in [6.45, 7) is 4.02. The van der Waals surface area contributed by atoms with Gasteiger partial charge in [0.1, 0.15) is 0 Å². The summed E-state index contributed by atoms with van der Waals surface area (Å²) in [4.78, 5) is 12.4. The summed E-state index contributed by atoms with van der Waals surface area (Å²) >= 11 is 0. The quantitative estimate of drug-likeness (QED) is 0.878. The molecule has 1 aromatic rings. The standard InChI is InChI=1S/C16H24N2O/c1-12(13-8-4-3-5-9-13)18-15(19)14-10-6-7-11-16(14,2)17/h3-5,8-9,12,14H,6-7,10-11,17H2,1-2H3,(H,18,19). The molecule has 104 valence electrons. The van der Waals surface area contributed by atoms with Gasteiger partial charge in [-0.1, -0.05) is 43.2 Å². The smallest absolute Gasteiger partial charge is 0.225 e. The van der Waals surface area contributed by atoms with Crippen molar-refractivity contribution >= 4 is 5.91 Å². The Bertz CT molecular complexity index is 428. The molecule has 2 rings (SSSR count). The van der Waals surface area contributed by atoms with E-state index in [-0.39, 0.29) is 23.4 Å². The molecule has 1 fully saturated rings. The molecule has 0 saturated heterocycles. The van der Waals surface area contributed by atoms with Gasteiger partial charge in [0.25, 0.3) is 0 Å². The van der Waals surface area contributed by atoms with Crippen molar-refractivity contribution < 1.29 is 4.79 Å². The highest BCUT2D eigenvalue weighted by atomic mass is 16.2. The van der Waals surface area contributed by atoms with Crippen molar-refractivity contribution in [2.45, 2.75) is 51.1 Å². The fourth-order valence-electron chi connectivity index (χ4n) is 2.93. The molecular weight excluding hydrogens is 236 g/mol. The number of hydrogen-bond acceptors (Lipinski definition) is 2. The molecule has 1 aliphatic rings. The molecule has 3 heteroatoms. The molecule has 0 aliphatic heterocycles. The average Bonchev–Trinajstić information content (AvgIpc) is 2.39. The molecule has 0 heterocycles. The molecule has 0 bridgehead atoms. The van der Waals surface area contributed by atoms with Crippen LogP contribution in [0.4, 0.5) is 0 Å². The topological polar surface area (TPSA) is 55.1 Å². The number of nitrogens with two attached hydrogens (primary N) is 1. The molecule has 1 amide bonds. The van der Waals surface area contributed by atoms with Gasteiger partial charge in [-0.2, -0.15) is 0 Å². The van der Waals surface area contributed by atoms with Gasteiger partial charge in [0.05, 0.1) is 12.0 Å². The second-order valence-corrected chi connectivity index (χ2v) is 5.95. The lowest BCUT2D eigenvalue weighted by Gasteiger charge is -2.37. The molecule has 19 heavy (non-hydrogen) atoms. The Balaban J connectivity index is 2.01. The van der Waals surface area contributed by atoms with Crippen molar-refractivity contribution in [2.24, 2.45) is 11.7 Å².